The van der Waals surface area contributed by atoms with Crippen molar-refractivity contribution in [3.8, 4) is 23.0 Å². The summed E-state index contributed by atoms with van der Waals surface area (Å²) in [7, 11) is -1.09. The van der Waals surface area contributed by atoms with E-state index >= 15 is 0 Å². The van der Waals surface area contributed by atoms with Crippen LogP contribution in [0.25, 0.3) is 10.8 Å². The number of urea groups is 1. The number of aromatic nitrogens is 1. The van der Waals surface area contributed by atoms with E-state index in [1.54, 1.807) is 36.5 Å². The third kappa shape index (κ3) is 8.40. The van der Waals surface area contributed by atoms with Crippen LogP contribution in [0.3, 0.4) is 0 Å². The molecule has 14 heteroatoms. The number of hydrogen-bond acceptors (Lipinski definition) is 9. The Morgan fingerprint density at radius 2 is 1.56 bits per heavy atom. The Balaban J connectivity index is 1.39. The number of nitrogens with two attached hydrogens (primary N) is 2. The van der Waals surface area contributed by atoms with Gasteiger partial charge < -0.3 is 35.9 Å². The number of pyridine rings is 1. The minimum Gasteiger partial charge on any atom is -0.497 e. The molecule has 4 aromatic carbocycles. The van der Waals surface area contributed by atoms with Crippen LogP contribution in [0.2, 0.25) is 0 Å². The zero-order valence-corrected chi connectivity index (χ0v) is 29.0. The van der Waals surface area contributed by atoms with E-state index < -0.39 is 22.0 Å². The van der Waals surface area contributed by atoms with Gasteiger partial charge in [-0.25, -0.2) is 23.3 Å². The number of carbonyl (C=O) groups is 2. The van der Waals surface area contributed by atoms with E-state index in [1.165, 1.54) is 26.4 Å². The molecular formula is C36H38N6O7S. The highest BCUT2D eigenvalue weighted by atomic mass is 32.2. The van der Waals surface area contributed by atoms with Crippen LogP contribution in [-0.2, 0) is 26.7 Å². The minimum atomic E-state index is -3.98. The second kappa shape index (κ2) is 14.3. The predicted molar refractivity (Wildman–Crippen MR) is 193 cm³/mol. The fraction of sp³-hybridized carbons (Fsp3) is 0.194. The van der Waals surface area contributed by atoms with Gasteiger partial charge in [-0.15, -0.1) is 0 Å². The van der Waals surface area contributed by atoms with E-state index in [4.69, 9.17) is 25.1 Å². The average molecular weight is 699 g/mol. The second-order valence-electron chi connectivity index (χ2n) is 12.4. The van der Waals surface area contributed by atoms with E-state index in [9.17, 15) is 18.0 Å². The number of amides is 3. The summed E-state index contributed by atoms with van der Waals surface area (Å²) >= 11 is 0. The number of sulfonamides is 1. The van der Waals surface area contributed by atoms with E-state index in [0.717, 1.165) is 10.9 Å². The van der Waals surface area contributed by atoms with Crippen molar-refractivity contribution in [1.29, 1.82) is 0 Å². The molecule has 13 nitrogen and oxygen atoms in total. The molecule has 0 atom stereocenters. The summed E-state index contributed by atoms with van der Waals surface area (Å²) in [5.74, 6) is 1.46. The fourth-order valence-corrected chi connectivity index (χ4v) is 5.84. The quantitative estimate of drug-likeness (QED) is 0.104. The van der Waals surface area contributed by atoms with Crippen molar-refractivity contribution in [3.63, 3.8) is 0 Å². The molecule has 7 N–H and O–H groups in total. The van der Waals surface area contributed by atoms with Crippen LogP contribution in [0, 0.1) is 0 Å². The first-order valence-electron chi connectivity index (χ1n) is 15.4. The normalized spacial score (nSPS) is 11.5. The predicted octanol–water partition coefficient (Wildman–Crippen LogP) is 6.40. The molecule has 1 heterocycles. The molecule has 0 unspecified atom stereocenters. The van der Waals surface area contributed by atoms with Crippen LogP contribution in [0.15, 0.2) is 90.0 Å². The molecule has 50 heavy (non-hydrogen) atoms. The first kappa shape index (κ1) is 35.4. The van der Waals surface area contributed by atoms with Gasteiger partial charge in [0.1, 0.15) is 28.8 Å². The second-order valence-corrected chi connectivity index (χ2v) is 14.0. The highest BCUT2D eigenvalue weighted by molar-refractivity contribution is 7.89. The Hall–Kier alpha value is -5.86. The Bertz CT molecular complexity index is 2200. The maximum Gasteiger partial charge on any atom is 0.323 e. The molecular weight excluding hydrogens is 660 g/mol. The van der Waals surface area contributed by atoms with E-state index in [-0.39, 0.29) is 16.7 Å². The maximum atomic E-state index is 13.4. The van der Waals surface area contributed by atoms with Gasteiger partial charge in [0.25, 0.3) is 0 Å². The molecule has 0 saturated heterocycles. The molecule has 0 aliphatic rings. The van der Waals surface area contributed by atoms with Gasteiger partial charge in [0.05, 0.1) is 36.9 Å². The summed E-state index contributed by atoms with van der Waals surface area (Å²) in [5.41, 5.74) is 8.00. The molecule has 0 bridgehead atoms. The number of nitrogens with zero attached hydrogens (tertiary/aromatic N) is 1. The molecule has 0 aliphatic carbocycles. The number of nitrogens with one attached hydrogen (secondary N) is 3. The minimum absolute atomic E-state index is 0.0505. The van der Waals surface area contributed by atoms with Gasteiger partial charge >= 0.3 is 6.03 Å². The number of anilines is 4. The van der Waals surface area contributed by atoms with E-state index in [1.807, 2.05) is 57.2 Å². The first-order chi connectivity index (χ1) is 23.6. The van der Waals surface area contributed by atoms with Gasteiger partial charge in [0, 0.05) is 46.4 Å². The molecule has 5 rings (SSSR count). The summed E-state index contributed by atoms with van der Waals surface area (Å²) in [6.45, 7) is 6.08. The van der Waals surface area contributed by atoms with Gasteiger partial charge in [-0.1, -0.05) is 51.1 Å². The summed E-state index contributed by atoms with van der Waals surface area (Å²) in [4.78, 5) is 29.4. The highest BCUT2D eigenvalue weighted by Crippen LogP contribution is 2.38. The molecule has 260 valence electrons. The number of carbonyl (C=O) groups excluding carboxylic acids is 2. The van der Waals surface area contributed by atoms with Crippen molar-refractivity contribution in [2.45, 2.75) is 37.5 Å². The van der Waals surface area contributed by atoms with Gasteiger partial charge in [-0.3, -0.25) is 4.79 Å². The molecule has 0 spiro atoms. The molecule has 0 fully saturated rings. The standard InChI is InChI=1S/C36H38N6O7S/c1-36(2,3)22-14-21(15-32(37)43)34(48-5)30(16-22)42-35(44)41-29-10-11-31(28-9-7-6-8-27(28)29)49-24-12-13-39-33(20-24)40-23-17-25(47-4)19-26(18-23)50(38,45)46/h6-14,16-20H,15H2,1-5H3,(H2,37,43)(H,39,40)(H2,38,45,46)(H2,41,42,44). The van der Waals surface area contributed by atoms with Gasteiger partial charge in [0.15, 0.2) is 0 Å². The van der Waals surface area contributed by atoms with Crippen LogP contribution in [0.5, 0.6) is 23.0 Å². The number of rotatable bonds is 11. The van der Waals surface area contributed by atoms with Crippen molar-refractivity contribution in [3.05, 3.63) is 96.2 Å². The smallest absolute Gasteiger partial charge is 0.323 e. The number of hydrogen-bond donors (Lipinski definition) is 5. The summed E-state index contributed by atoms with van der Waals surface area (Å²) in [6, 6.07) is 21.7. The number of ether oxygens (including phenoxy) is 3. The molecule has 0 aliphatic heterocycles. The Morgan fingerprint density at radius 3 is 2.22 bits per heavy atom. The fourth-order valence-electron chi connectivity index (χ4n) is 5.26. The number of benzene rings is 4. The highest BCUT2D eigenvalue weighted by Gasteiger charge is 2.22. The third-order valence-electron chi connectivity index (χ3n) is 7.66. The summed E-state index contributed by atoms with van der Waals surface area (Å²) in [6.07, 6.45) is 1.49. The van der Waals surface area contributed by atoms with Crippen LogP contribution in [0.1, 0.15) is 31.9 Å². The topological polar surface area (TPSA) is 197 Å². The summed E-state index contributed by atoms with van der Waals surface area (Å²) in [5, 5.41) is 15.6. The van der Waals surface area contributed by atoms with Gasteiger partial charge in [0.2, 0.25) is 15.9 Å². The van der Waals surface area contributed by atoms with Crippen molar-refractivity contribution in [1.82, 2.24) is 4.98 Å². The van der Waals surface area contributed by atoms with Crippen molar-refractivity contribution in [2.75, 3.05) is 30.2 Å². The van der Waals surface area contributed by atoms with Crippen LogP contribution < -0.4 is 41.0 Å². The van der Waals surface area contributed by atoms with Crippen molar-refractivity contribution < 1.29 is 32.2 Å². The van der Waals surface area contributed by atoms with E-state index in [0.29, 0.717) is 56.8 Å². The average Bonchev–Trinajstić information content (AvgIpc) is 3.04. The maximum absolute atomic E-state index is 13.4. The Morgan fingerprint density at radius 1 is 0.840 bits per heavy atom. The number of primary sulfonamides is 1. The third-order valence-corrected chi connectivity index (χ3v) is 8.55. The lowest BCUT2D eigenvalue weighted by molar-refractivity contribution is -0.117. The van der Waals surface area contributed by atoms with Crippen LogP contribution >= 0.6 is 0 Å². The molecule has 0 radical (unpaired) electrons. The monoisotopic (exact) mass is 698 g/mol. The number of primary amides is 1. The Kier molecular flexibility index (Phi) is 10.2. The zero-order chi connectivity index (χ0) is 36.2. The van der Waals surface area contributed by atoms with Crippen molar-refractivity contribution >= 4 is 55.6 Å². The summed E-state index contributed by atoms with van der Waals surface area (Å²) < 4.78 is 41.0. The molecule has 3 amide bonds. The number of fused-ring (bicyclic) bond motifs is 1. The number of methoxy groups -OCH3 is 2. The lowest BCUT2D eigenvalue weighted by Crippen LogP contribution is -2.22. The van der Waals surface area contributed by atoms with Crippen molar-refractivity contribution in [2.24, 2.45) is 10.9 Å². The van der Waals surface area contributed by atoms with Gasteiger partial charge in [-0.2, -0.15) is 0 Å². The lowest BCUT2D eigenvalue weighted by atomic mass is 9.85. The first-order valence-corrected chi connectivity index (χ1v) is 16.9. The Labute approximate surface area is 290 Å². The molecule has 1 aromatic heterocycles. The van der Waals surface area contributed by atoms with Crippen LogP contribution in [-0.4, -0.2) is 39.6 Å². The lowest BCUT2D eigenvalue weighted by Gasteiger charge is -2.23. The SMILES string of the molecule is COc1cc(Nc2cc(Oc3ccc(NC(=O)Nc4cc(C(C)(C)C)cc(CC(N)=O)c4OC)c4ccccc34)ccn2)cc(S(N)(=O)=O)c1. The molecule has 0 saturated carbocycles. The van der Waals surface area contributed by atoms with Crippen LogP contribution in [0.4, 0.5) is 27.7 Å². The van der Waals surface area contributed by atoms with E-state index in [2.05, 4.69) is 20.9 Å². The zero-order valence-electron chi connectivity index (χ0n) is 28.2. The van der Waals surface area contributed by atoms with Gasteiger partial charge in [-0.05, 0) is 41.3 Å². The largest absolute Gasteiger partial charge is 0.497 e. The molecule has 5 aromatic rings.